The fourth-order valence-corrected chi connectivity index (χ4v) is 2.20. The summed E-state index contributed by atoms with van der Waals surface area (Å²) < 4.78 is 7.36. The number of hydrogen-bond donors (Lipinski definition) is 1. The molecule has 0 atom stereocenters. The van der Waals surface area contributed by atoms with Crippen molar-refractivity contribution in [3.63, 3.8) is 0 Å². The molecular formula is C16H23N3O. The molecule has 0 fully saturated rings. The highest BCUT2D eigenvalue weighted by atomic mass is 16.5. The van der Waals surface area contributed by atoms with E-state index in [0.717, 1.165) is 37.4 Å². The zero-order valence-corrected chi connectivity index (χ0v) is 12.5. The first-order chi connectivity index (χ1) is 9.72. The van der Waals surface area contributed by atoms with Crippen LogP contribution in [-0.4, -0.2) is 23.4 Å². The van der Waals surface area contributed by atoms with Gasteiger partial charge in [-0.05, 0) is 26.0 Å². The quantitative estimate of drug-likeness (QED) is 0.788. The van der Waals surface area contributed by atoms with Crippen molar-refractivity contribution in [2.75, 3.05) is 13.7 Å². The molecule has 0 saturated carbocycles. The van der Waals surface area contributed by atoms with E-state index in [-0.39, 0.29) is 0 Å². The second-order valence-corrected chi connectivity index (χ2v) is 5.04. The van der Waals surface area contributed by atoms with Gasteiger partial charge < -0.3 is 10.1 Å². The highest BCUT2D eigenvalue weighted by molar-refractivity contribution is 5.37. The topological polar surface area (TPSA) is 39.1 Å². The average Bonchev–Trinajstić information content (AvgIpc) is 2.87. The smallest absolute Gasteiger partial charge is 0.123 e. The molecule has 20 heavy (non-hydrogen) atoms. The molecule has 0 aliphatic carbocycles. The van der Waals surface area contributed by atoms with Crippen molar-refractivity contribution in [2.45, 2.75) is 33.4 Å². The van der Waals surface area contributed by atoms with E-state index in [1.165, 1.54) is 11.1 Å². The Morgan fingerprint density at radius 1 is 1.35 bits per heavy atom. The Morgan fingerprint density at radius 3 is 2.95 bits per heavy atom. The van der Waals surface area contributed by atoms with Gasteiger partial charge in [0.2, 0.25) is 0 Å². The standard InChI is InChI=1S/C16H23N3O/c1-4-7-17-9-14-10-18-19(11-14)12-15-8-13(2)5-6-16(15)20-3/h5-6,8,10-11,17H,4,7,9,12H2,1-3H3. The molecule has 1 N–H and O–H groups in total. The van der Waals surface area contributed by atoms with Crippen molar-refractivity contribution in [2.24, 2.45) is 0 Å². The Bertz CT molecular complexity index is 548. The van der Waals surface area contributed by atoms with Gasteiger partial charge in [-0.1, -0.05) is 24.6 Å². The van der Waals surface area contributed by atoms with Gasteiger partial charge in [-0.25, -0.2) is 0 Å². The Balaban J connectivity index is 2.04. The van der Waals surface area contributed by atoms with Crippen LogP contribution in [0.15, 0.2) is 30.6 Å². The summed E-state index contributed by atoms with van der Waals surface area (Å²) in [6.45, 7) is 6.90. The fourth-order valence-electron chi connectivity index (χ4n) is 2.20. The van der Waals surface area contributed by atoms with E-state index in [9.17, 15) is 0 Å². The Hall–Kier alpha value is -1.81. The number of aromatic nitrogens is 2. The number of aryl methyl sites for hydroxylation is 1. The lowest BCUT2D eigenvalue weighted by molar-refractivity contribution is 0.407. The van der Waals surface area contributed by atoms with Crippen LogP contribution < -0.4 is 10.1 Å². The molecule has 108 valence electrons. The lowest BCUT2D eigenvalue weighted by Crippen LogP contribution is -2.13. The van der Waals surface area contributed by atoms with Crippen LogP contribution >= 0.6 is 0 Å². The Labute approximate surface area is 120 Å². The van der Waals surface area contributed by atoms with Gasteiger partial charge in [-0.15, -0.1) is 0 Å². The van der Waals surface area contributed by atoms with Crippen molar-refractivity contribution in [3.05, 3.63) is 47.3 Å². The molecule has 4 nitrogen and oxygen atoms in total. The normalized spacial score (nSPS) is 10.8. The molecule has 0 amide bonds. The average molecular weight is 273 g/mol. The van der Waals surface area contributed by atoms with E-state index >= 15 is 0 Å². The van der Waals surface area contributed by atoms with E-state index < -0.39 is 0 Å². The van der Waals surface area contributed by atoms with Crippen molar-refractivity contribution >= 4 is 0 Å². The highest BCUT2D eigenvalue weighted by Crippen LogP contribution is 2.20. The second-order valence-electron chi connectivity index (χ2n) is 5.04. The zero-order chi connectivity index (χ0) is 14.4. The maximum atomic E-state index is 5.41. The third-order valence-electron chi connectivity index (χ3n) is 3.21. The second kappa shape index (κ2) is 7.10. The van der Waals surface area contributed by atoms with Gasteiger partial charge >= 0.3 is 0 Å². The van der Waals surface area contributed by atoms with Crippen LogP contribution in [0.4, 0.5) is 0 Å². The summed E-state index contributed by atoms with van der Waals surface area (Å²) in [5.41, 5.74) is 3.60. The van der Waals surface area contributed by atoms with E-state index in [2.05, 4.69) is 42.6 Å². The molecule has 1 aromatic carbocycles. The van der Waals surface area contributed by atoms with Crippen LogP contribution in [0.25, 0.3) is 0 Å². The summed E-state index contributed by atoms with van der Waals surface area (Å²) in [4.78, 5) is 0. The lowest BCUT2D eigenvalue weighted by Gasteiger charge is -2.09. The third kappa shape index (κ3) is 3.84. The number of rotatable bonds is 7. The van der Waals surface area contributed by atoms with Crippen LogP contribution in [0, 0.1) is 6.92 Å². The number of nitrogens with one attached hydrogen (secondary N) is 1. The molecule has 0 bridgehead atoms. The van der Waals surface area contributed by atoms with Crippen LogP contribution in [-0.2, 0) is 13.1 Å². The molecule has 0 aliphatic heterocycles. The summed E-state index contributed by atoms with van der Waals surface area (Å²) in [7, 11) is 1.71. The molecule has 0 saturated heterocycles. The molecule has 1 aromatic heterocycles. The monoisotopic (exact) mass is 273 g/mol. The number of ether oxygens (including phenoxy) is 1. The van der Waals surface area contributed by atoms with Gasteiger partial charge in [0.05, 0.1) is 19.9 Å². The summed E-state index contributed by atoms with van der Waals surface area (Å²) in [5, 5.41) is 7.80. The third-order valence-corrected chi connectivity index (χ3v) is 3.21. The molecule has 2 rings (SSSR count). The van der Waals surface area contributed by atoms with Crippen molar-refractivity contribution in [1.29, 1.82) is 0 Å². The maximum Gasteiger partial charge on any atom is 0.123 e. The van der Waals surface area contributed by atoms with Gasteiger partial charge in [0.1, 0.15) is 5.75 Å². The van der Waals surface area contributed by atoms with E-state index in [1.54, 1.807) is 7.11 Å². The van der Waals surface area contributed by atoms with Crippen LogP contribution in [0.5, 0.6) is 5.75 Å². The summed E-state index contributed by atoms with van der Waals surface area (Å²) in [6.07, 6.45) is 5.16. The first kappa shape index (κ1) is 14.6. The fraction of sp³-hybridized carbons (Fsp3) is 0.438. The van der Waals surface area contributed by atoms with Crippen molar-refractivity contribution < 1.29 is 4.74 Å². The molecule has 0 aliphatic rings. The number of benzene rings is 1. The predicted molar refractivity (Wildman–Crippen MR) is 81.1 cm³/mol. The van der Waals surface area contributed by atoms with Crippen LogP contribution in [0.3, 0.4) is 0 Å². The van der Waals surface area contributed by atoms with E-state index in [1.807, 2.05) is 16.9 Å². The van der Waals surface area contributed by atoms with Gasteiger partial charge in [-0.2, -0.15) is 5.10 Å². The highest BCUT2D eigenvalue weighted by Gasteiger charge is 2.05. The molecule has 0 unspecified atom stereocenters. The summed E-state index contributed by atoms with van der Waals surface area (Å²) >= 11 is 0. The number of nitrogens with zero attached hydrogens (tertiary/aromatic N) is 2. The molecule has 0 radical (unpaired) electrons. The number of methoxy groups -OCH3 is 1. The summed E-state index contributed by atoms with van der Waals surface area (Å²) in [6, 6.07) is 6.22. The van der Waals surface area contributed by atoms with Crippen molar-refractivity contribution in [3.8, 4) is 5.75 Å². The van der Waals surface area contributed by atoms with Gasteiger partial charge in [0, 0.05) is 23.9 Å². The molecule has 1 heterocycles. The minimum atomic E-state index is 0.735. The van der Waals surface area contributed by atoms with E-state index in [4.69, 9.17) is 4.74 Å². The SMILES string of the molecule is CCCNCc1cnn(Cc2cc(C)ccc2OC)c1. The summed E-state index contributed by atoms with van der Waals surface area (Å²) in [5.74, 6) is 0.914. The minimum absolute atomic E-state index is 0.735. The lowest BCUT2D eigenvalue weighted by atomic mass is 10.1. The van der Waals surface area contributed by atoms with Gasteiger partial charge in [0.25, 0.3) is 0 Å². The number of hydrogen-bond acceptors (Lipinski definition) is 3. The molecular weight excluding hydrogens is 250 g/mol. The maximum absolute atomic E-state index is 5.41. The van der Waals surface area contributed by atoms with Crippen molar-refractivity contribution in [1.82, 2.24) is 15.1 Å². The predicted octanol–water partition coefficient (Wildman–Crippen LogP) is 2.75. The van der Waals surface area contributed by atoms with E-state index in [0.29, 0.717) is 0 Å². The first-order valence-electron chi connectivity index (χ1n) is 7.08. The van der Waals surface area contributed by atoms with Gasteiger partial charge in [0.15, 0.2) is 0 Å². The van der Waals surface area contributed by atoms with Gasteiger partial charge in [-0.3, -0.25) is 4.68 Å². The Kier molecular flexibility index (Phi) is 5.18. The van der Waals surface area contributed by atoms with Crippen LogP contribution in [0.1, 0.15) is 30.0 Å². The largest absolute Gasteiger partial charge is 0.496 e. The van der Waals surface area contributed by atoms with Crippen LogP contribution in [0.2, 0.25) is 0 Å². The molecule has 4 heteroatoms. The minimum Gasteiger partial charge on any atom is -0.496 e. The zero-order valence-electron chi connectivity index (χ0n) is 12.5. The molecule has 0 spiro atoms. The molecule has 2 aromatic rings. The Morgan fingerprint density at radius 2 is 2.20 bits per heavy atom. The first-order valence-corrected chi connectivity index (χ1v) is 7.08.